The van der Waals surface area contributed by atoms with Gasteiger partial charge in [0.05, 0.1) is 0 Å². The van der Waals surface area contributed by atoms with Crippen molar-refractivity contribution in [1.82, 2.24) is 10.2 Å². The molecular weight excluding hydrogens is 260 g/mol. The number of hydrogen-bond acceptors (Lipinski definition) is 3. The van der Waals surface area contributed by atoms with Gasteiger partial charge in [0, 0.05) is 31.6 Å². The van der Waals surface area contributed by atoms with Gasteiger partial charge in [0.15, 0.2) is 5.78 Å². The first-order valence-electron chi connectivity index (χ1n) is 8.03. The van der Waals surface area contributed by atoms with E-state index in [0.717, 1.165) is 38.3 Å². The summed E-state index contributed by atoms with van der Waals surface area (Å²) in [5.74, 6) is 0.257. The highest BCUT2D eigenvalue weighted by molar-refractivity contribution is 5.96. The van der Waals surface area contributed by atoms with Crippen LogP contribution in [0.3, 0.4) is 0 Å². The molecule has 116 valence electrons. The van der Waals surface area contributed by atoms with Crippen molar-refractivity contribution >= 4 is 5.78 Å². The molecule has 0 bridgehead atoms. The molecule has 1 saturated heterocycles. The van der Waals surface area contributed by atoms with Crippen LogP contribution in [-0.4, -0.2) is 43.4 Å². The third kappa shape index (κ3) is 4.94. The Morgan fingerprint density at radius 3 is 2.52 bits per heavy atom. The van der Waals surface area contributed by atoms with Crippen molar-refractivity contribution in [2.45, 2.75) is 39.0 Å². The first-order valence-corrected chi connectivity index (χ1v) is 8.03. The van der Waals surface area contributed by atoms with E-state index in [4.69, 9.17) is 0 Å². The van der Waals surface area contributed by atoms with Gasteiger partial charge in [-0.1, -0.05) is 45.0 Å². The van der Waals surface area contributed by atoms with Crippen molar-refractivity contribution in [3.63, 3.8) is 0 Å². The number of hydrogen-bond donors (Lipinski definition) is 1. The minimum absolute atomic E-state index is 0.140. The third-order valence-corrected chi connectivity index (χ3v) is 4.16. The van der Waals surface area contributed by atoms with E-state index in [-0.39, 0.29) is 11.2 Å². The largest absolute Gasteiger partial charge is 0.315 e. The summed E-state index contributed by atoms with van der Waals surface area (Å²) in [6.07, 6.45) is 1.79. The molecule has 3 heteroatoms. The molecule has 2 rings (SSSR count). The van der Waals surface area contributed by atoms with Gasteiger partial charge in [0.2, 0.25) is 0 Å². The Kier molecular flexibility index (Phi) is 5.54. The molecule has 1 aliphatic heterocycles. The zero-order valence-corrected chi connectivity index (χ0v) is 13.6. The maximum atomic E-state index is 12.3. The SMILES string of the molecule is CC(C)(C)c1ccc(C(=O)CCN2CCCNCC2)cc1. The van der Waals surface area contributed by atoms with Crippen LogP contribution in [0.15, 0.2) is 24.3 Å². The van der Waals surface area contributed by atoms with Gasteiger partial charge in [0.25, 0.3) is 0 Å². The molecular formula is C18H28N2O. The summed E-state index contributed by atoms with van der Waals surface area (Å²) in [6, 6.07) is 8.13. The zero-order valence-electron chi connectivity index (χ0n) is 13.6. The molecule has 0 unspecified atom stereocenters. The number of ketones is 1. The summed E-state index contributed by atoms with van der Waals surface area (Å²) in [5, 5.41) is 3.39. The van der Waals surface area contributed by atoms with Crippen LogP contribution in [0.1, 0.15) is 49.5 Å². The fourth-order valence-electron chi connectivity index (χ4n) is 2.69. The average Bonchev–Trinajstić information content (AvgIpc) is 2.72. The maximum Gasteiger partial charge on any atom is 0.164 e. The Labute approximate surface area is 128 Å². The second-order valence-corrected chi connectivity index (χ2v) is 6.95. The van der Waals surface area contributed by atoms with Crippen molar-refractivity contribution in [2.75, 3.05) is 32.7 Å². The number of nitrogens with zero attached hydrogens (tertiary/aromatic N) is 1. The standard InChI is InChI=1S/C18H28N2O/c1-18(2,3)16-7-5-15(6-8-16)17(21)9-13-20-12-4-10-19-11-14-20/h5-8,19H,4,9-14H2,1-3H3. The predicted octanol–water partition coefficient (Wildman–Crippen LogP) is 2.85. The van der Waals surface area contributed by atoms with E-state index in [1.165, 1.54) is 12.0 Å². The molecule has 0 amide bonds. The molecule has 21 heavy (non-hydrogen) atoms. The second kappa shape index (κ2) is 7.19. The molecule has 0 atom stereocenters. The van der Waals surface area contributed by atoms with Crippen molar-refractivity contribution in [1.29, 1.82) is 0 Å². The summed E-state index contributed by atoms with van der Waals surface area (Å²) in [4.78, 5) is 14.7. The summed E-state index contributed by atoms with van der Waals surface area (Å²) in [6.45, 7) is 11.7. The van der Waals surface area contributed by atoms with Crippen molar-refractivity contribution in [3.05, 3.63) is 35.4 Å². The average molecular weight is 288 g/mol. The van der Waals surface area contributed by atoms with Gasteiger partial charge in [-0.05, 0) is 30.5 Å². The Morgan fingerprint density at radius 2 is 1.86 bits per heavy atom. The van der Waals surface area contributed by atoms with E-state index in [1.54, 1.807) is 0 Å². The smallest absolute Gasteiger partial charge is 0.164 e. The van der Waals surface area contributed by atoms with Crippen LogP contribution in [0.4, 0.5) is 0 Å². The quantitative estimate of drug-likeness (QED) is 0.865. The normalized spacial score (nSPS) is 17.5. The minimum Gasteiger partial charge on any atom is -0.315 e. The van der Waals surface area contributed by atoms with Crippen LogP contribution >= 0.6 is 0 Å². The topological polar surface area (TPSA) is 32.3 Å². The summed E-state index contributed by atoms with van der Waals surface area (Å²) >= 11 is 0. The van der Waals surface area contributed by atoms with Gasteiger partial charge in [-0.3, -0.25) is 4.79 Å². The number of rotatable bonds is 4. The van der Waals surface area contributed by atoms with Gasteiger partial charge in [-0.15, -0.1) is 0 Å². The molecule has 0 spiro atoms. The second-order valence-electron chi connectivity index (χ2n) is 6.95. The summed E-state index contributed by atoms with van der Waals surface area (Å²) in [7, 11) is 0. The number of nitrogens with one attached hydrogen (secondary N) is 1. The number of Topliss-reactive ketones (excluding diaryl/α,β-unsaturated/α-hetero) is 1. The first-order chi connectivity index (χ1) is 9.97. The van der Waals surface area contributed by atoms with Crippen molar-refractivity contribution < 1.29 is 4.79 Å². The van der Waals surface area contributed by atoms with Crippen LogP contribution in [0.2, 0.25) is 0 Å². The Morgan fingerprint density at radius 1 is 1.14 bits per heavy atom. The van der Waals surface area contributed by atoms with Crippen molar-refractivity contribution in [3.8, 4) is 0 Å². The molecule has 0 saturated carbocycles. The Bertz CT molecular complexity index is 451. The molecule has 1 aliphatic rings. The molecule has 3 nitrogen and oxygen atoms in total. The monoisotopic (exact) mass is 288 g/mol. The molecule has 0 aromatic heterocycles. The highest BCUT2D eigenvalue weighted by Gasteiger charge is 2.15. The molecule has 1 aromatic carbocycles. The van der Waals surface area contributed by atoms with E-state index in [2.05, 4.69) is 43.1 Å². The maximum absolute atomic E-state index is 12.3. The van der Waals surface area contributed by atoms with E-state index in [1.807, 2.05) is 12.1 Å². The zero-order chi connectivity index (χ0) is 15.3. The Balaban J connectivity index is 1.88. The van der Waals surface area contributed by atoms with Gasteiger partial charge in [0.1, 0.15) is 0 Å². The van der Waals surface area contributed by atoms with Crippen LogP contribution in [0.5, 0.6) is 0 Å². The van der Waals surface area contributed by atoms with Gasteiger partial charge < -0.3 is 10.2 Å². The number of carbonyl (C=O) groups excluding carboxylic acids is 1. The Hall–Kier alpha value is -1.19. The van der Waals surface area contributed by atoms with E-state index < -0.39 is 0 Å². The van der Waals surface area contributed by atoms with E-state index in [0.29, 0.717) is 6.42 Å². The highest BCUT2D eigenvalue weighted by atomic mass is 16.1. The first kappa shape index (κ1) is 16.2. The molecule has 0 aliphatic carbocycles. The van der Waals surface area contributed by atoms with Crippen LogP contribution < -0.4 is 5.32 Å². The van der Waals surface area contributed by atoms with E-state index >= 15 is 0 Å². The highest BCUT2D eigenvalue weighted by Crippen LogP contribution is 2.22. The lowest BCUT2D eigenvalue weighted by Crippen LogP contribution is -2.30. The van der Waals surface area contributed by atoms with E-state index in [9.17, 15) is 4.79 Å². The lowest BCUT2D eigenvalue weighted by molar-refractivity contribution is 0.0965. The molecule has 1 aromatic rings. The molecule has 0 radical (unpaired) electrons. The fraction of sp³-hybridized carbons (Fsp3) is 0.611. The van der Waals surface area contributed by atoms with Gasteiger partial charge >= 0.3 is 0 Å². The molecule has 1 N–H and O–H groups in total. The van der Waals surface area contributed by atoms with Gasteiger partial charge in [-0.2, -0.15) is 0 Å². The summed E-state index contributed by atoms with van der Waals surface area (Å²) < 4.78 is 0. The van der Waals surface area contributed by atoms with Crippen molar-refractivity contribution in [2.24, 2.45) is 0 Å². The van der Waals surface area contributed by atoms with Crippen LogP contribution in [0, 0.1) is 0 Å². The molecule has 1 heterocycles. The van der Waals surface area contributed by atoms with Crippen LogP contribution in [0.25, 0.3) is 0 Å². The summed E-state index contributed by atoms with van der Waals surface area (Å²) in [5.41, 5.74) is 2.26. The number of benzene rings is 1. The predicted molar refractivity (Wildman–Crippen MR) is 88.0 cm³/mol. The third-order valence-electron chi connectivity index (χ3n) is 4.16. The lowest BCUT2D eigenvalue weighted by Gasteiger charge is -2.20. The fourth-order valence-corrected chi connectivity index (χ4v) is 2.69. The molecule has 1 fully saturated rings. The number of carbonyl (C=O) groups is 1. The van der Waals surface area contributed by atoms with Crippen LogP contribution in [-0.2, 0) is 5.41 Å². The van der Waals surface area contributed by atoms with Gasteiger partial charge in [-0.25, -0.2) is 0 Å². The lowest BCUT2D eigenvalue weighted by atomic mass is 9.86. The minimum atomic E-state index is 0.140.